The lowest BCUT2D eigenvalue weighted by Crippen LogP contribution is -2.36. The first-order chi connectivity index (χ1) is 12.2. The topological polar surface area (TPSA) is 91.2 Å². The fourth-order valence-electron chi connectivity index (χ4n) is 2.58. The van der Waals surface area contributed by atoms with Crippen molar-refractivity contribution in [2.45, 2.75) is 36.3 Å². The monoisotopic (exact) mass is 363 g/mol. The third-order valence-corrected chi connectivity index (χ3v) is 4.97. The van der Waals surface area contributed by atoms with Gasteiger partial charge in [0, 0.05) is 13.2 Å². The fourth-order valence-corrected chi connectivity index (χ4v) is 3.41. The first kappa shape index (κ1) is 17.7. The molecule has 0 spiro atoms. The third-order valence-electron chi connectivity index (χ3n) is 3.93. The summed E-state index contributed by atoms with van der Waals surface area (Å²) in [6.07, 6.45) is 2.17. The maximum atomic E-state index is 12.3. The van der Waals surface area contributed by atoms with E-state index in [0.717, 1.165) is 25.1 Å². The number of benzene rings is 1. The van der Waals surface area contributed by atoms with E-state index in [1.54, 1.807) is 11.8 Å². The number of para-hydroxylation sites is 2. The molecule has 1 saturated heterocycles. The molecule has 1 aromatic carbocycles. The van der Waals surface area contributed by atoms with E-state index in [4.69, 9.17) is 9.47 Å². The number of nitrogens with one attached hydrogen (secondary N) is 1. The number of nitrogens with zero attached hydrogens (tertiary/aromatic N) is 4. The lowest BCUT2D eigenvalue weighted by atomic mass is 10.2. The Morgan fingerprint density at radius 1 is 1.52 bits per heavy atom. The molecule has 0 radical (unpaired) electrons. The number of hydrogen-bond donors (Lipinski definition) is 1. The van der Waals surface area contributed by atoms with E-state index < -0.39 is 0 Å². The van der Waals surface area contributed by atoms with Crippen molar-refractivity contribution in [3.05, 3.63) is 24.3 Å². The molecule has 0 saturated carbocycles. The van der Waals surface area contributed by atoms with Crippen molar-refractivity contribution in [3.63, 3.8) is 0 Å². The number of ether oxygens (including phenoxy) is 2. The summed E-state index contributed by atoms with van der Waals surface area (Å²) in [5.41, 5.74) is 0.726. The van der Waals surface area contributed by atoms with Gasteiger partial charge in [0.2, 0.25) is 11.1 Å². The first-order valence-electron chi connectivity index (χ1n) is 8.16. The van der Waals surface area contributed by atoms with Crippen molar-refractivity contribution in [3.8, 4) is 11.4 Å². The van der Waals surface area contributed by atoms with Crippen LogP contribution in [0.15, 0.2) is 29.4 Å². The maximum absolute atomic E-state index is 12.3. The zero-order chi connectivity index (χ0) is 17.6. The maximum Gasteiger partial charge on any atom is 0.233 e. The minimum atomic E-state index is -0.333. The Hall–Kier alpha value is -2.13. The minimum absolute atomic E-state index is 0.0601. The van der Waals surface area contributed by atoms with Crippen LogP contribution in [0.4, 0.5) is 0 Å². The standard InChI is InChI=1S/C16H21N5O3S/c1-11(15(22)17-10-12-6-5-9-24-12)25-16-18-19-20-21(16)13-7-3-4-8-14(13)23-2/h3-4,7-8,11-12H,5-6,9-10H2,1-2H3,(H,17,22). The molecule has 1 N–H and O–H groups in total. The molecular formula is C16H21N5O3S. The number of carbonyl (C=O) groups excluding carboxylic acids is 1. The predicted molar refractivity (Wildman–Crippen MR) is 93.0 cm³/mol. The van der Waals surface area contributed by atoms with E-state index in [-0.39, 0.29) is 17.3 Å². The van der Waals surface area contributed by atoms with Crippen LogP contribution in [0.3, 0.4) is 0 Å². The van der Waals surface area contributed by atoms with Crippen molar-refractivity contribution in [2.24, 2.45) is 0 Å². The molecule has 2 atom stereocenters. The van der Waals surface area contributed by atoms with Crippen LogP contribution >= 0.6 is 11.8 Å². The molecule has 0 aliphatic carbocycles. The zero-order valence-corrected chi connectivity index (χ0v) is 15.0. The molecule has 8 nitrogen and oxygen atoms in total. The fraction of sp³-hybridized carbons (Fsp3) is 0.500. The Labute approximate surface area is 150 Å². The van der Waals surface area contributed by atoms with Crippen molar-refractivity contribution < 1.29 is 14.3 Å². The molecule has 1 fully saturated rings. The number of aromatic nitrogens is 4. The number of amides is 1. The largest absolute Gasteiger partial charge is 0.494 e. The van der Waals surface area contributed by atoms with E-state index in [0.29, 0.717) is 17.5 Å². The molecule has 2 unspecified atom stereocenters. The average molecular weight is 363 g/mol. The molecule has 2 heterocycles. The van der Waals surface area contributed by atoms with Crippen LogP contribution in [-0.4, -0.2) is 57.7 Å². The Bertz CT molecular complexity index is 717. The van der Waals surface area contributed by atoms with Gasteiger partial charge in [-0.2, -0.15) is 4.68 Å². The van der Waals surface area contributed by atoms with Gasteiger partial charge in [-0.15, -0.1) is 5.10 Å². The molecule has 9 heteroatoms. The molecule has 25 heavy (non-hydrogen) atoms. The Morgan fingerprint density at radius 2 is 2.36 bits per heavy atom. The Morgan fingerprint density at radius 3 is 3.12 bits per heavy atom. The highest BCUT2D eigenvalue weighted by molar-refractivity contribution is 8.00. The molecule has 1 amide bonds. The van der Waals surface area contributed by atoms with Gasteiger partial charge in [0.05, 0.1) is 18.5 Å². The molecular weight excluding hydrogens is 342 g/mol. The van der Waals surface area contributed by atoms with Crippen LogP contribution in [0.25, 0.3) is 5.69 Å². The van der Waals surface area contributed by atoms with Crippen LogP contribution < -0.4 is 10.1 Å². The van der Waals surface area contributed by atoms with Gasteiger partial charge in [-0.05, 0) is 42.3 Å². The van der Waals surface area contributed by atoms with Gasteiger partial charge in [0.1, 0.15) is 11.4 Å². The highest BCUT2D eigenvalue weighted by Crippen LogP contribution is 2.27. The lowest BCUT2D eigenvalue weighted by molar-refractivity contribution is -0.120. The number of rotatable bonds is 7. The SMILES string of the molecule is COc1ccccc1-n1nnnc1SC(C)C(=O)NCC1CCCO1. The van der Waals surface area contributed by atoms with Gasteiger partial charge in [-0.1, -0.05) is 23.9 Å². The smallest absolute Gasteiger partial charge is 0.233 e. The van der Waals surface area contributed by atoms with E-state index >= 15 is 0 Å². The molecule has 1 aromatic heterocycles. The number of carbonyl (C=O) groups is 1. The minimum Gasteiger partial charge on any atom is -0.494 e. The van der Waals surface area contributed by atoms with Gasteiger partial charge in [-0.3, -0.25) is 4.79 Å². The molecule has 134 valence electrons. The summed E-state index contributed by atoms with van der Waals surface area (Å²) in [5, 5.41) is 14.9. The Kier molecular flexibility index (Phi) is 5.87. The first-order valence-corrected chi connectivity index (χ1v) is 9.04. The zero-order valence-electron chi connectivity index (χ0n) is 14.2. The van der Waals surface area contributed by atoms with Crippen LogP contribution in [0, 0.1) is 0 Å². The van der Waals surface area contributed by atoms with Gasteiger partial charge in [0.25, 0.3) is 0 Å². The second-order valence-corrected chi connectivity index (χ2v) is 6.99. The normalized spacial score (nSPS) is 18.1. The second kappa shape index (κ2) is 8.30. The highest BCUT2D eigenvalue weighted by Gasteiger charge is 2.22. The average Bonchev–Trinajstić information content (AvgIpc) is 3.31. The summed E-state index contributed by atoms with van der Waals surface area (Å²) < 4.78 is 12.4. The summed E-state index contributed by atoms with van der Waals surface area (Å²) in [6, 6.07) is 7.46. The molecule has 1 aliphatic heterocycles. The summed E-state index contributed by atoms with van der Waals surface area (Å²) in [6.45, 7) is 3.15. The van der Waals surface area contributed by atoms with Crippen LogP contribution in [0.1, 0.15) is 19.8 Å². The highest BCUT2D eigenvalue weighted by atomic mass is 32.2. The lowest BCUT2D eigenvalue weighted by Gasteiger charge is -2.14. The van der Waals surface area contributed by atoms with Crippen molar-refractivity contribution in [1.82, 2.24) is 25.5 Å². The summed E-state index contributed by atoms with van der Waals surface area (Å²) in [4.78, 5) is 12.3. The molecule has 3 rings (SSSR count). The van der Waals surface area contributed by atoms with Gasteiger partial charge in [-0.25, -0.2) is 0 Å². The Balaban J connectivity index is 1.65. The van der Waals surface area contributed by atoms with E-state index in [2.05, 4.69) is 20.8 Å². The molecule has 1 aliphatic rings. The molecule has 0 bridgehead atoms. The van der Waals surface area contributed by atoms with E-state index in [1.165, 1.54) is 11.8 Å². The molecule has 2 aromatic rings. The number of tetrazole rings is 1. The predicted octanol–water partition coefficient (Wildman–Crippen LogP) is 1.45. The second-order valence-electron chi connectivity index (χ2n) is 5.69. The van der Waals surface area contributed by atoms with Crippen molar-refractivity contribution >= 4 is 17.7 Å². The van der Waals surface area contributed by atoms with Crippen molar-refractivity contribution in [2.75, 3.05) is 20.3 Å². The van der Waals surface area contributed by atoms with Gasteiger partial charge < -0.3 is 14.8 Å². The van der Waals surface area contributed by atoms with Crippen LogP contribution in [0.2, 0.25) is 0 Å². The van der Waals surface area contributed by atoms with Gasteiger partial charge in [0.15, 0.2) is 0 Å². The summed E-state index contributed by atoms with van der Waals surface area (Å²) in [7, 11) is 1.59. The van der Waals surface area contributed by atoms with Gasteiger partial charge >= 0.3 is 0 Å². The van der Waals surface area contributed by atoms with E-state index in [1.807, 2.05) is 31.2 Å². The summed E-state index contributed by atoms with van der Waals surface area (Å²) >= 11 is 1.30. The van der Waals surface area contributed by atoms with Crippen LogP contribution in [0.5, 0.6) is 5.75 Å². The summed E-state index contributed by atoms with van der Waals surface area (Å²) in [5.74, 6) is 0.599. The van der Waals surface area contributed by atoms with Crippen LogP contribution in [-0.2, 0) is 9.53 Å². The van der Waals surface area contributed by atoms with E-state index in [9.17, 15) is 4.79 Å². The van der Waals surface area contributed by atoms with Crippen molar-refractivity contribution in [1.29, 1.82) is 0 Å². The number of methoxy groups -OCH3 is 1. The number of hydrogen-bond acceptors (Lipinski definition) is 7. The third kappa shape index (κ3) is 4.29. The number of thioether (sulfide) groups is 1. The quantitative estimate of drug-likeness (QED) is 0.744.